The third-order valence-corrected chi connectivity index (χ3v) is 4.46. The number of carboxylic acid groups (broad SMARTS) is 1. The molecule has 0 spiro atoms. The lowest BCUT2D eigenvalue weighted by molar-refractivity contribution is -0.137. The number of aliphatic carboxylic acids is 1. The lowest BCUT2D eigenvalue weighted by Crippen LogP contribution is -2.24. The fraction of sp³-hybridized carbons (Fsp3) is 0.353. The molecule has 0 saturated carbocycles. The summed E-state index contributed by atoms with van der Waals surface area (Å²) in [6, 6.07) is 5.68. The lowest BCUT2D eigenvalue weighted by Gasteiger charge is -2.03. The first-order valence-corrected chi connectivity index (χ1v) is 8.62. The summed E-state index contributed by atoms with van der Waals surface area (Å²) in [6.07, 6.45) is 1.23. The van der Waals surface area contributed by atoms with Crippen LogP contribution in [-0.4, -0.2) is 28.5 Å². The van der Waals surface area contributed by atoms with Gasteiger partial charge in [-0.05, 0) is 44.0 Å². The Kier molecular flexibility index (Phi) is 6.88. The minimum absolute atomic E-state index is 0.0975. The van der Waals surface area contributed by atoms with Crippen LogP contribution in [0.2, 0.25) is 0 Å². The molecule has 6 nitrogen and oxygen atoms in total. The molecule has 2 N–H and O–H groups in total. The molecule has 0 atom stereocenters. The number of nitrogens with zero attached hydrogens (tertiary/aromatic N) is 1. The first kappa shape index (κ1) is 18.9. The van der Waals surface area contributed by atoms with Crippen LogP contribution in [-0.2, 0) is 11.4 Å². The number of rotatable bonds is 9. The molecule has 134 valence electrons. The van der Waals surface area contributed by atoms with E-state index in [1.54, 1.807) is 6.92 Å². The van der Waals surface area contributed by atoms with Gasteiger partial charge in [0.25, 0.3) is 5.91 Å². The van der Waals surface area contributed by atoms with Crippen molar-refractivity contribution in [2.24, 2.45) is 0 Å². The third kappa shape index (κ3) is 6.15. The van der Waals surface area contributed by atoms with Crippen LogP contribution in [0.4, 0.5) is 4.39 Å². The number of hydrogen-bond acceptors (Lipinski definition) is 5. The van der Waals surface area contributed by atoms with E-state index >= 15 is 0 Å². The van der Waals surface area contributed by atoms with Gasteiger partial charge in [0.2, 0.25) is 0 Å². The molecule has 0 aliphatic rings. The standard InChI is InChI=1S/C17H19FN2O4S/c1-11-16(17(23)19-9-3-2-4-15(21)22)25-14(20-11)10-24-13-7-5-12(18)6-8-13/h5-8H,2-4,9-10H2,1H3,(H,19,23)(H,21,22). The normalized spacial score (nSPS) is 10.5. The molecule has 8 heteroatoms. The zero-order chi connectivity index (χ0) is 18.2. The molecule has 1 aromatic carbocycles. The van der Waals surface area contributed by atoms with Gasteiger partial charge >= 0.3 is 5.97 Å². The first-order chi connectivity index (χ1) is 12.0. The molecule has 0 fully saturated rings. The van der Waals surface area contributed by atoms with Gasteiger partial charge in [0, 0.05) is 13.0 Å². The minimum Gasteiger partial charge on any atom is -0.486 e. The number of carbonyl (C=O) groups excluding carboxylic acids is 1. The molecule has 0 unspecified atom stereocenters. The summed E-state index contributed by atoms with van der Waals surface area (Å²) < 4.78 is 18.4. The van der Waals surface area contributed by atoms with Crippen molar-refractivity contribution < 1.29 is 23.8 Å². The number of carboxylic acids is 1. The summed E-state index contributed by atoms with van der Waals surface area (Å²) in [7, 11) is 0. The molecule has 0 radical (unpaired) electrons. The molecule has 0 bridgehead atoms. The van der Waals surface area contributed by atoms with Crippen LogP contribution in [0.15, 0.2) is 24.3 Å². The smallest absolute Gasteiger partial charge is 0.303 e. The Morgan fingerprint density at radius 1 is 1.28 bits per heavy atom. The second-order valence-corrected chi connectivity index (χ2v) is 6.46. The maximum atomic E-state index is 12.8. The zero-order valence-electron chi connectivity index (χ0n) is 13.8. The summed E-state index contributed by atoms with van der Waals surface area (Å²) in [5, 5.41) is 12.0. The van der Waals surface area contributed by atoms with Crippen molar-refractivity contribution in [1.29, 1.82) is 0 Å². The molecule has 25 heavy (non-hydrogen) atoms. The number of benzene rings is 1. The minimum atomic E-state index is -0.838. The van der Waals surface area contributed by atoms with Crippen molar-refractivity contribution in [3.8, 4) is 5.75 Å². The SMILES string of the molecule is Cc1nc(COc2ccc(F)cc2)sc1C(=O)NCCCCC(=O)O. The summed E-state index contributed by atoms with van der Waals surface area (Å²) in [5.74, 6) is -0.868. The van der Waals surface area contributed by atoms with Gasteiger partial charge in [-0.3, -0.25) is 9.59 Å². The quantitative estimate of drug-likeness (QED) is 0.666. The highest BCUT2D eigenvalue weighted by Gasteiger charge is 2.15. The zero-order valence-corrected chi connectivity index (χ0v) is 14.6. The van der Waals surface area contributed by atoms with Crippen molar-refractivity contribution in [2.45, 2.75) is 32.8 Å². The number of unbranched alkanes of at least 4 members (excludes halogenated alkanes) is 1. The summed E-state index contributed by atoms with van der Waals surface area (Å²) in [6.45, 7) is 2.37. The lowest BCUT2D eigenvalue weighted by atomic mass is 10.2. The number of aryl methyl sites for hydroxylation is 1. The number of ether oxygens (including phenoxy) is 1. The fourth-order valence-corrected chi connectivity index (χ4v) is 2.98. The number of nitrogens with one attached hydrogen (secondary N) is 1. The van der Waals surface area contributed by atoms with E-state index in [0.717, 1.165) is 0 Å². The maximum Gasteiger partial charge on any atom is 0.303 e. The largest absolute Gasteiger partial charge is 0.486 e. The van der Waals surface area contributed by atoms with Crippen LogP contribution >= 0.6 is 11.3 Å². The summed E-state index contributed by atoms with van der Waals surface area (Å²) >= 11 is 1.24. The fourth-order valence-electron chi connectivity index (χ4n) is 2.08. The molecule has 1 heterocycles. The van der Waals surface area contributed by atoms with E-state index in [1.807, 2.05) is 0 Å². The number of aromatic nitrogens is 1. The summed E-state index contributed by atoms with van der Waals surface area (Å²) in [4.78, 5) is 27.4. The average Bonchev–Trinajstić information content (AvgIpc) is 2.94. The Morgan fingerprint density at radius 2 is 2.00 bits per heavy atom. The Hall–Kier alpha value is -2.48. The Labute approximate surface area is 148 Å². The van der Waals surface area contributed by atoms with Gasteiger partial charge in [0.1, 0.15) is 28.1 Å². The van der Waals surface area contributed by atoms with E-state index in [0.29, 0.717) is 40.7 Å². The predicted molar refractivity (Wildman–Crippen MR) is 91.4 cm³/mol. The Morgan fingerprint density at radius 3 is 2.68 bits per heavy atom. The van der Waals surface area contributed by atoms with Crippen molar-refractivity contribution in [1.82, 2.24) is 10.3 Å². The van der Waals surface area contributed by atoms with E-state index in [2.05, 4.69) is 10.3 Å². The predicted octanol–water partition coefficient (Wildman–Crippen LogP) is 3.15. The number of hydrogen-bond donors (Lipinski definition) is 2. The molecule has 1 aromatic heterocycles. The highest BCUT2D eigenvalue weighted by Crippen LogP contribution is 2.20. The van der Waals surface area contributed by atoms with E-state index in [-0.39, 0.29) is 24.8 Å². The van der Waals surface area contributed by atoms with Gasteiger partial charge in [-0.1, -0.05) is 0 Å². The van der Waals surface area contributed by atoms with E-state index < -0.39 is 5.97 Å². The second-order valence-electron chi connectivity index (χ2n) is 5.37. The van der Waals surface area contributed by atoms with Crippen molar-refractivity contribution in [3.63, 3.8) is 0 Å². The molecule has 1 amide bonds. The van der Waals surface area contributed by atoms with E-state index in [1.165, 1.54) is 35.6 Å². The molecule has 2 aromatic rings. The van der Waals surface area contributed by atoms with Crippen LogP contribution in [0, 0.1) is 12.7 Å². The van der Waals surface area contributed by atoms with Gasteiger partial charge in [0.05, 0.1) is 5.69 Å². The number of thiazole rings is 1. The molecular formula is C17H19FN2O4S. The highest BCUT2D eigenvalue weighted by molar-refractivity contribution is 7.13. The second kappa shape index (κ2) is 9.12. The highest BCUT2D eigenvalue weighted by atomic mass is 32.1. The van der Waals surface area contributed by atoms with Gasteiger partial charge < -0.3 is 15.2 Å². The Bertz CT molecular complexity index is 731. The third-order valence-electron chi connectivity index (χ3n) is 3.33. The molecule has 2 rings (SSSR count). The van der Waals surface area contributed by atoms with Crippen molar-refractivity contribution in [2.75, 3.05) is 6.54 Å². The summed E-state index contributed by atoms with van der Waals surface area (Å²) in [5.41, 5.74) is 0.616. The van der Waals surface area contributed by atoms with Crippen molar-refractivity contribution in [3.05, 3.63) is 45.7 Å². The maximum absolute atomic E-state index is 12.8. The topological polar surface area (TPSA) is 88.5 Å². The van der Waals surface area contributed by atoms with Crippen LogP contribution in [0.5, 0.6) is 5.75 Å². The van der Waals surface area contributed by atoms with Crippen LogP contribution < -0.4 is 10.1 Å². The van der Waals surface area contributed by atoms with Crippen LogP contribution in [0.1, 0.15) is 39.6 Å². The monoisotopic (exact) mass is 366 g/mol. The number of halogens is 1. The van der Waals surface area contributed by atoms with E-state index in [4.69, 9.17) is 9.84 Å². The van der Waals surface area contributed by atoms with Gasteiger partial charge in [0.15, 0.2) is 0 Å². The molecule has 0 aliphatic heterocycles. The van der Waals surface area contributed by atoms with Gasteiger partial charge in [-0.2, -0.15) is 0 Å². The number of amides is 1. The van der Waals surface area contributed by atoms with E-state index in [9.17, 15) is 14.0 Å². The first-order valence-electron chi connectivity index (χ1n) is 7.80. The Balaban J connectivity index is 1.82. The van der Waals surface area contributed by atoms with Crippen LogP contribution in [0.25, 0.3) is 0 Å². The van der Waals surface area contributed by atoms with Gasteiger partial charge in [-0.15, -0.1) is 11.3 Å². The molecule has 0 aliphatic carbocycles. The average molecular weight is 366 g/mol. The van der Waals surface area contributed by atoms with Gasteiger partial charge in [-0.25, -0.2) is 9.37 Å². The van der Waals surface area contributed by atoms with Crippen LogP contribution in [0.3, 0.4) is 0 Å². The molecular weight excluding hydrogens is 347 g/mol. The van der Waals surface area contributed by atoms with Crippen molar-refractivity contribution >= 4 is 23.2 Å². The molecule has 0 saturated heterocycles. The number of carbonyl (C=O) groups is 2.